The Labute approximate surface area is 131 Å². The van der Waals surface area contributed by atoms with Gasteiger partial charge in [-0.2, -0.15) is 0 Å². The fourth-order valence-corrected chi connectivity index (χ4v) is 2.38. The molecule has 0 heterocycles. The topological polar surface area (TPSA) is 47.7 Å². The summed E-state index contributed by atoms with van der Waals surface area (Å²) in [6, 6.07) is 4.77. The standard InChI is InChI=1S/C15H24ClFN2O2/c1-20-8-3-6-19(7-9-21-2)15(11-18)12-4-5-13(16)14(17)10-12/h4-5,10,15H,3,6-9,11,18H2,1-2H3. The first kappa shape index (κ1) is 18.3. The zero-order valence-electron chi connectivity index (χ0n) is 12.6. The molecule has 0 aliphatic heterocycles. The molecule has 0 aliphatic carbocycles. The number of ether oxygens (including phenoxy) is 2. The van der Waals surface area contributed by atoms with Crippen LogP contribution in [0.25, 0.3) is 0 Å². The Morgan fingerprint density at radius 2 is 1.95 bits per heavy atom. The van der Waals surface area contributed by atoms with Gasteiger partial charge >= 0.3 is 0 Å². The number of rotatable bonds is 10. The average molecular weight is 319 g/mol. The summed E-state index contributed by atoms with van der Waals surface area (Å²) in [7, 11) is 3.33. The van der Waals surface area contributed by atoms with Gasteiger partial charge in [0.1, 0.15) is 5.82 Å². The maximum atomic E-state index is 13.7. The van der Waals surface area contributed by atoms with Crippen molar-refractivity contribution in [2.24, 2.45) is 5.73 Å². The number of hydrogen-bond donors (Lipinski definition) is 1. The van der Waals surface area contributed by atoms with Gasteiger partial charge in [0.05, 0.1) is 11.6 Å². The molecule has 21 heavy (non-hydrogen) atoms. The Bertz CT molecular complexity index is 421. The zero-order chi connectivity index (χ0) is 15.7. The van der Waals surface area contributed by atoms with Gasteiger partial charge in [0, 0.05) is 46.5 Å². The first-order chi connectivity index (χ1) is 10.1. The van der Waals surface area contributed by atoms with Gasteiger partial charge in [0.2, 0.25) is 0 Å². The van der Waals surface area contributed by atoms with Crippen LogP contribution in [0.5, 0.6) is 0 Å². The predicted molar refractivity (Wildman–Crippen MR) is 83.1 cm³/mol. The fraction of sp³-hybridized carbons (Fsp3) is 0.600. The third-order valence-corrected chi connectivity index (χ3v) is 3.68. The second-order valence-electron chi connectivity index (χ2n) is 4.80. The summed E-state index contributed by atoms with van der Waals surface area (Å²) < 4.78 is 23.9. The van der Waals surface area contributed by atoms with Gasteiger partial charge < -0.3 is 15.2 Å². The summed E-state index contributed by atoms with van der Waals surface area (Å²) in [5.41, 5.74) is 6.73. The van der Waals surface area contributed by atoms with Crippen molar-refractivity contribution in [1.29, 1.82) is 0 Å². The Morgan fingerprint density at radius 1 is 1.24 bits per heavy atom. The van der Waals surface area contributed by atoms with Crippen molar-refractivity contribution in [2.45, 2.75) is 12.5 Å². The molecule has 0 radical (unpaired) electrons. The molecule has 0 spiro atoms. The molecular weight excluding hydrogens is 295 g/mol. The minimum atomic E-state index is -0.420. The monoisotopic (exact) mass is 318 g/mol. The largest absolute Gasteiger partial charge is 0.385 e. The van der Waals surface area contributed by atoms with Crippen molar-refractivity contribution in [3.05, 3.63) is 34.6 Å². The summed E-state index contributed by atoms with van der Waals surface area (Å²) >= 11 is 5.74. The average Bonchev–Trinajstić information content (AvgIpc) is 2.48. The highest BCUT2D eigenvalue weighted by Crippen LogP contribution is 2.24. The maximum Gasteiger partial charge on any atom is 0.142 e. The van der Waals surface area contributed by atoms with E-state index in [1.807, 2.05) is 6.07 Å². The molecule has 1 aromatic carbocycles. The quantitative estimate of drug-likeness (QED) is 0.673. The van der Waals surface area contributed by atoms with Crippen LogP contribution in [0.3, 0.4) is 0 Å². The second kappa shape index (κ2) is 10.1. The van der Waals surface area contributed by atoms with Gasteiger partial charge in [-0.05, 0) is 24.1 Å². The molecule has 0 bridgehead atoms. The maximum absolute atomic E-state index is 13.7. The molecule has 6 heteroatoms. The number of hydrogen-bond acceptors (Lipinski definition) is 4. The van der Waals surface area contributed by atoms with E-state index in [9.17, 15) is 4.39 Å². The van der Waals surface area contributed by atoms with Crippen LogP contribution in [0.15, 0.2) is 18.2 Å². The summed E-state index contributed by atoms with van der Waals surface area (Å²) in [4.78, 5) is 2.19. The van der Waals surface area contributed by atoms with E-state index >= 15 is 0 Å². The lowest BCUT2D eigenvalue weighted by molar-refractivity contribution is 0.108. The summed E-state index contributed by atoms with van der Waals surface area (Å²) in [6.45, 7) is 3.21. The van der Waals surface area contributed by atoms with Crippen molar-refractivity contribution < 1.29 is 13.9 Å². The number of halogens is 2. The van der Waals surface area contributed by atoms with Crippen LogP contribution >= 0.6 is 11.6 Å². The normalized spacial score (nSPS) is 12.9. The van der Waals surface area contributed by atoms with Gasteiger partial charge in [-0.15, -0.1) is 0 Å². The lowest BCUT2D eigenvalue weighted by Crippen LogP contribution is -2.37. The minimum Gasteiger partial charge on any atom is -0.385 e. The van der Waals surface area contributed by atoms with E-state index in [-0.39, 0.29) is 11.1 Å². The molecule has 1 atom stereocenters. The highest BCUT2D eigenvalue weighted by molar-refractivity contribution is 6.30. The van der Waals surface area contributed by atoms with E-state index in [2.05, 4.69) is 4.90 Å². The van der Waals surface area contributed by atoms with Gasteiger partial charge in [0.15, 0.2) is 0 Å². The lowest BCUT2D eigenvalue weighted by Gasteiger charge is -2.31. The summed E-state index contributed by atoms with van der Waals surface area (Å²) in [5.74, 6) is -0.420. The van der Waals surface area contributed by atoms with E-state index < -0.39 is 5.82 Å². The van der Waals surface area contributed by atoms with Crippen molar-refractivity contribution in [3.8, 4) is 0 Å². The van der Waals surface area contributed by atoms with Gasteiger partial charge in [-0.1, -0.05) is 17.7 Å². The molecule has 4 nitrogen and oxygen atoms in total. The van der Waals surface area contributed by atoms with E-state index in [1.165, 1.54) is 6.07 Å². The molecular formula is C15H24ClFN2O2. The molecule has 2 N–H and O–H groups in total. The molecule has 120 valence electrons. The van der Waals surface area contributed by atoms with E-state index in [1.54, 1.807) is 20.3 Å². The van der Waals surface area contributed by atoms with Crippen LogP contribution in [0.1, 0.15) is 18.0 Å². The Hall–Kier alpha value is -0.720. The molecule has 0 saturated carbocycles. The third kappa shape index (κ3) is 5.88. The number of nitrogens with two attached hydrogens (primary N) is 1. The number of benzene rings is 1. The van der Waals surface area contributed by atoms with Gasteiger partial charge in [-0.25, -0.2) is 4.39 Å². The molecule has 0 fully saturated rings. The number of nitrogens with zero attached hydrogens (tertiary/aromatic N) is 1. The molecule has 0 aliphatic rings. The van der Waals surface area contributed by atoms with Crippen LogP contribution in [0.2, 0.25) is 5.02 Å². The van der Waals surface area contributed by atoms with Crippen LogP contribution in [-0.2, 0) is 9.47 Å². The van der Waals surface area contributed by atoms with Crippen LogP contribution in [-0.4, -0.2) is 52.0 Å². The van der Waals surface area contributed by atoms with Crippen molar-refractivity contribution in [1.82, 2.24) is 4.90 Å². The van der Waals surface area contributed by atoms with Crippen LogP contribution in [0.4, 0.5) is 4.39 Å². The number of methoxy groups -OCH3 is 2. The smallest absolute Gasteiger partial charge is 0.142 e. The first-order valence-electron chi connectivity index (χ1n) is 7.01. The van der Waals surface area contributed by atoms with Gasteiger partial charge in [-0.3, -0.25) is 4.90 Å². The van der Waals surface area contributed by atoms with Crippen LogP contribution in [0, 0.1) is 5.82 Å². The molecule has 0 saturated heterocycles. The second-order valence-corrected chi connectivity index (χ2v) is 5.21. The molecule has 0 amide bonds. The summed E-state index contributed by atoms with van der Waals surface area (Å²) in [6.07, 6.45) is 0.882. The minimum absolute atomic E-state index is 0.0660. The SMILES string of the molecule is COCCCN(CCOC)C(CN)c1ccc(Cl)c(F)c1. The Morgan fingerprint density at radius 3 is 2.52 bits per heavy atom. The molecule has 1 rings (SSSR count). The van der Waals surface area contributed by atoms with Crippen molar-refractivity contribution in [3.63, 3.8) is 0 Å². The van der Waals surface area contributed by atoms with E-state index in [0.29, 0.717) is 19.8 Å². The summed E-state index contributed by atoms with van der Waals surface area (Å²) in [5, 5.41) is 0.123. The first-order valence-corrected chi connectivity index (χ1v) is 7.38. The molecule has 1 unspecified atom stereocenters. The highest BCUT2D eigenvalue weighted by Gasteiger charge is 2.19. The predicted octanol–water partition coefficient (Wildman–Crippen LogP) is 2.46. The fourth-order valence-electron chi connectivity index (χ4n) is 2.26. The van der Waals surface area contributed by atoms with Gasteiger partial charge in [0.25, 0.3) is 0 Å². The van der Waals surface area contributed by atoms with E-state index in [0.717, 1.165) is 25.1 Å². The lowest BCUT2D eigenvalue weighted by atomic mass is 10.0. The molecule has 0 aromatic heterocycles. The van der Waals surface area contributed by atoms with E-state index in [4.69, 9.17) is 26.8 Å². The molecule has 1 aromatic rings. The zero-order valence-corrected chi connectivity index (χ0v) is 13.4. The Kier molecular flexibility index (Phi) is 8.80. The van der Waals surface area contributed by atoms with Crippen molar-refractivity contribution in [2.75, 3.05) is 47.1 Å². The third-order valence-electron chi connectivity index (χ3n) is 3.37. The highest BCUT2D eigenvalue weighted by atomic mass is 35.5. The van der Waals surface area contributed by atoms with Crippen LogP contribution < -0.4 is 5.73 Å². The Balaban J connectivity index is 2.84. The van der Waals surface area contributed by atoms with Crippen molar-refractivity contribution >= 4 is 11.6 Å².